The first-order valence-corrected chi connectivity index (χ1v) is 4.99. The van der Waals surface area contributed by atoms with Gasteiger partial charge in [-0.3, -0.25) is 0 Å². The molecular formula is C10H22N2O2. The lowest BCUT2D eigenvalue weighted by atomic mass is 10.0. The van der Waals surface area contributed by atoms with Crippen LogP contribution in [0, 0.1) is 0 Å². The maximum atomic E-state index is 8.79. The lowest BCUT2D eigenvalue weighted by Gasteiger charge is -2.21. The van der Waals surface area contributed by atoms with E-state index in [0.717, 1.165) is 0 Å². The van der Waals surface area contributed by atoms with Crippen molar-refractivity contribution in [2.45, 2.75) is 51.6 Å². The fraction of sp³-hybridized carbons (Fsp3) is 1.00. The molecule has 0 fully saturated rings. The smallest absolute Gasteiger partial charge is 0.0782 e. The summed E-state index contributed by atoms with van der Waals surface area (Å²) in [4.78, 5) is 0. The van der Waals surface area contributed by atoms with Crippen LogP contribution in [0.25, 0.3) is 0 Å². The SMILES string of the molecule is CC(C)(CCO)N=NC(C)(C)CCO. The normalized spacial score (nSPS) is 13.9. The summed E-state index contributed by atoms with van der Waals surface area (Å²) in [6, 6.07) is 0. The molecule has 0 saturated heterocycles. The summed E-state index contributed by atoms with van der Waals surface area (Å²) in [5, 5.41) is 26.0. The molecule has 0 aliphatic rings. The van der Waals surface area contributed by atoms with E-state index in [1.54, 1.807) is 0 Å². The molecule has 4 heteroatoms. The van der Waals surface area contributed by atoms with E-state index in [0.29, 0.717) is 12.8 Å². The third-order valence-electron chi connectivity index (χ3n) is 2.04. The number of rotatable bonds is 6. The largest absolute Gasteiger partial charge is 0.396 e. The Kier molecular flexibility index (Phi) is 5.23. The zero-order valence-electron chi connectivity index (χ0n) is 9.62. The van der Waals surface area contributed by atoms with Crippen LogP contribution in [0.4, 0.5) is 0 Å². The van der Waals surface area contributed by atoms with Gasteiger partial charge in [-0.2, -0.15) is 10.2 Å². The summed E-state index contributed by atoms with van der Waals surface area (Å²) in [5.74, 6) is 0. The molecule has 0 spiro atoms. The lowest BCUT2D eigenvalue weighted by molar-refractivity contribution is 0.234. The number of azo groups is 1. The Labute approximate surface area is 86.1 Å². The number of nitrogens with zero attached hydrogens (tertiary/aromatic N) is 2. The van der Waals surface area contributed by atoms with E-state index >= 15 is 0 Å². The van der Waals surface area contributed by atoms with Crippen LogP contribution in [0.1, 0.15) is 40.5 Å². The van der Waals surface area contributed by atoms with Crippen LogP contribution in [0.3, 0.4) is 0 Å². The highest BCUT2D eigenvalue weighted by atomic mass is 16.3. The van der Waals surface area contributed by atoms with Crippen LogP contribution < -0.4 is 0 Å². The van der Waals surface area contributed by atoms with E-state index in [9.17, 15) is 0 Å². The van der Waals surface area contributed by atoms with Gasteiger partial charge in [-0.15, -0.1) is 0 Å². The Morgan fingerprint density at radius 2 is 1.07 bits per heavy atom. The second-order valence-electron chi connectivity index (χ2n) is 4.77. The summed E-state index contributed by atoms with van der Waals surface area (Å²) < 4.78 is 0. The van der Waals surface area contributed by atoms with Gasteiger partial charge in [0.05, 0.1) is 11.1 Å². The Hall–Kier alpha value is -0.480. The van der Waals surface area contributed by atoms with Crippen molar-refractivity contribution in [3.63, 3.8) is 0 Å². The first kappa shape index (κ1) is 13.5. The van der Waals surface area contributed by atoms with Gasteiger partial charge in [-0.1, -0.05) is 0 Å². The summed E-state index contributed by atoms with van der Waals surface area (Å²) in [5.41, 5.74) is -0.636. The van der Waals surface area contributed by atoms with Crippen molar-refractivity contribution in [3.05, 3.63) is 0 Å². The Morgan fingerprint density at radius 3 is 1.29 bits per heavy atom. The molecule has 0 aromatic rings. The summed E-state index contributed by atoms with van der Waals surface area (Å²) in [6.45, 7) is 7.96. The molecule has 0 unspecified atom stereocenters. The highest BCUT2D eigenvalue weighted by molar-refractivity contribution is 4.80. The maximum absolute atomic E-state index is 8.79. The highest BCUT2D eigenvalue weighted by Crippen LogP contribution is 2.20. The summed E-state index contributed by atoms with van der Waals surface area (Å²) in [6.07, 6.45) is 1.21. The van der Waals surface area contributed by atoms with Crippen LogP contribution in [-0.4, -0.2) is 34.5 Å². The molecule has 0 saturated carbocycles. The number of aliphatic hydroxyl groups is 2. The number of hydrogen-bond acceptors (Lipinski definition) is 4. The topological polar surface area (TPSA) is 65.2 Å². The first-order chi connectivity index (χ1) is 6.33. The van der Waals surface area contributed by atoms with Crippen molar-refractivity contribution in [2.75, 3.05) is 13.2 Å². The quantitative estimate of drug-likeness (QED) is 0.644. The predicted octanol–water partition coefficient (Wildman–Crippen LogP) is 1.76. The van der Waals surface area contributed by atoms with Gasteiger partial charge in [-0.25, -0.2) is 0 Å². The van der Waals surface area contributed by atoms with Crippen LogP contribution in [0.2, 0.25) is 0 Å². The molecule has 0 aliphatic heterocycles. The minimum absolute atomic E-state index is 0.118. The Balaban J connectivity index is 4.26. The molecule has 0 amide bonds. The monoisotopic (exact) mass is 202 g/mol. The van der Waals surface area contributed by atoms with Gasteiger partial charge in [0.1, 0.15) is 0 Å². The van der Waals surface area contributed by atoms with Gasteiger partial charge in [-0.05, 0) is 40.5 Å². The van der Waals surface area contributed by atoms with Gasteiger partial charge in [0.15, 0.2) is 0 Å². The maximum Gasteiger partial charge on any atom is 0.0782 e. The molecule has 0 aliphatic carbocycles. The summed E-state index contributed by atoms with van der Waals surface area (Å²) in [7, 11) is 0. The number of hydrogen-bond donors (Lipinski definition) is 2. The zero-order valence-corrected chi connectivity index (χ0v) is 9.62. The molecule has 4 nitrogen and oxygen atoms in total. The minimum atomic E-state index is -0.318. The second-order valence-corrected chi connectivity index (χ2v) is 4.77. The van der Waals surface area contributed by atoms with E-state index in [-0.39, 0.29) is 24.3 Å². The average Bonchev–Trinajstić information content (AvgIpc) is 2.01. The molecule has 0 radical (unpaired) electrons. The van der Waals surface area contributed by atoms with Crippen LogP contribution in [0.5, 0.6) is 0 Å². The third-order valence-corrected chi connectivity index (χ3v) is 2.04. The molecule has 14 heavy (non-hydrogen) atoms. The predicted molar refractivity (Wildman–Crippen MR) is 56.4 cm³/mol. The van der Waals surface area contributed by atoms with Gasteiger partial charge in [0.2, 0.25) is 0 Å². The first-order valence-electron chi connectivity index (χ1n) is 4.99. The van der Waals surface area contributed by atoms with E-state index in [2.05, 4.69) is 10.2 Å². The average molecular weight is 202 g/mol. The van der Waals surface area contributed by atoms with E-state index in [1.165, 1.54) is 0 Å². The Bertz CT molecular complexity index is 169. The second kappa shape index (κ2) is 5.41. The van der Waals surface area contributed by atoms with Crippen molar-refractivity contribution in [3.8, 4) is 0 Å². The van der Waals surface area contributed by atoms with Crippen LogP contribution in [0.15, 0.2) is 10.2 Å². The highest BCUT2D eigenvalue weighted by Gasteiger charge is 2.20. The standard InChI is InChI=1S/C10H22N2O2/c1-9(2,5-7-13)11-12-10(3,4)6-8-14/h13-14H,5-8H2,1-4H3. The van der Waals surface area contributed by atoms with Crippen molar-refractivity contribution >= 4 is 0 Å². The van der Waals surface area contributed by atoms with Crippen molar-refractivity contribution in [1.82, 2.24) is 0 Å². The van der Waals surface area contributed by atoms with Gasteiger partial charge in [0, 0.05) is 13.2 Å². The van der Waals surface area contributed by atoms with Gasteiger partial charge >= 0.3 is 0 Å². The molecule has 0 rings (SSSR count). The fourth-order valence-electron chi connectivity index (χ4n) is 0.918. The molecule has 2 N–H and O–H groups in total. The zero-order chi connectivity index (χ0) is 11.2. The lowest BCUT2D eigenvalue weighted by Crippen LogP contribution is -2.22. The van der Waals surface area contributed by atoms with Crippen molar-refractivity contribution in [1.29, 1.82) is 0 Å². The van der Waals surface area contributed by atoms with Crippen molar-refractivity contribution < 1.29 is 10.2 Å². The van der Waals surface area contributed by atoms with Crippen molar-refractivity contribution in [2.24, 2.45) is 10.2 Å². The number of aliphatic hydroxyl groups excluding tert-OH is 2. The third kappa shape index (κ3) is 6.05. The molecule has 0 aromatic carbocycles. The molecule has 0 atom stereocenters. The van der Waals surface area contributed by atoms with Crippen LogP contribution >= 0.6 is 0 Å². The van der Waals surface area contributed by atoms with E-state index < -0.39 is 0 Å². The molecule has 0 heterocycles. The van der Waals surface area contributed by atoms with Gasteiger partial charge in [0.25, 0.3) is 0 Å². The molecule has 0 aromatic heterocycles. The van der Waals surface area contributed by atoms with Crippen LogP contribution in [-0.2, 0) is 0 Å². The Morgan fingerprint density at radius 1 is 0.786 bits per heavy atom. The minimum Gasteiger partial charge on any atom is -0.396 e. The van der Waals surface area contributed by atoms with E-state index in [1.807, 2.05) is 27.7 Å². The molecular weight excluding hydrogens is 180 g/mol. The summed E-state index contributed by atoms with van der Waals surface area (Å²) >= 11 is 0. The molecule has 0 bridgehead atoms. The molecule has 84 valence electrons. The fourth-order valence-corrected chi connectivity index (χ4v) is 0.918. The van der Waals surface area contributed by atoms with E-state index in [4.69, 9.17) is 10.2 Å². The van der Waals surface area contributed by atoms with Gasteiger partial charge < -0.3 is 10.2 Å².